The SMILES string of the molecule is CCCC/C=C\CCCCCCCC(=O)OC(COC(=O)CCCCCCCCCCCCCC)COP(=O)(O)OCCN. The predicted molar refractivity (Wildman–Crippen MR) is 178 cm³/mol. The van der Waals surface area contributed by atoms with Gasteiger partial charge in [-0.3, -0.25) is 18.6 Å². The molecule has 0 aromatic carbocycles. The van der Waals surface area contributed by atoms with Crippen molar-refractivity contribution in [2.45, 2.75) is 168 Å². The fraction of sp³-hybridized carbons (Fsp3) is 0.882. The van der Waals surface area contributed by atoms with E-state index >= 15 is 0 Å². The van der Waals surface area contributed by atoms with Crippen LogP contribution in [0.3, 0.4) is 0 Å². The Morgan fingerprint density at radius 3 is 1.68 bits per heavy atom. The number of hydrogen-bond donors (Lipinski definition) is 2. The topological polar surface area (TPSA) is 134 Å². The van der Waals surface area contributed by atoms with Gasteiger partial charge in [0.1, 0.15) is 6.61 Å². The summed E-state index contributed by atoms with van der Waals surface area (Å²) in [5.74, 6) is -0.838. The van der Waals surface area contributed by atoms with Crippen LogP contribution in [0.1, 0.15) is 162 Å². The average molecular weight is 648 g/mol. The number of phosphoric acid groups is 1. The smallest absolute Gasteiger partial charge is 0.462 e. The van der Waals surface area contributed by atoms with Gasteiger partial charge in [0.2, 0.25) is 0 Å². The van der Waals surface area contributed by atoms with Crippen molar-refractivity contribution in [3.63, 3.8) is 0 Å². The lowest BCUT2D eigenvalue weighted by Gasteiger charge is -2.19. The summed E-state index contributed by atoms with van der Waals surface area (Å²) in [7, 11) is -4.36. The van der Waals surface area contributed by atoms with Crippen molar-refractivity contribution in [2.24, 2.45) is 5.73 Å². The molecule has 0 bridgehead atoms. The van der Waals surface area contributed by atoms with Crippen LogP contribution < -0.4 is 5.73 Å². The Balaban J connectivity index is 4.26. The lowest BCUT2D eigenvalue weighted by atomic mass is 10.0. The Bertz CT molecular complexity index is 749. The highest BCUT2D eigenvalue weighted by atomic mass is 31.2. The maximum atomic E-state index is 12.4. The fourth-order valence-electron chi connectivity index (χ4n) is 4.73. The van der Waals surface area contributed by atoms with Gasteiger partial charge in [-0.1, -0.05) is 129 Å². The van der Waals surface area contributed by atoms with E-state index in [4.69, 9.17) is 24.3 Å². The maximum absolute atomic E-state index is 12.4. The zero-order valence-corrected chi connectivity index (χ0v) is 29.0. The minimum absolute atomic E-state index is 0.0543. The number of allylic oxidation sites excluding steroid dienone is 2. The van der Waals surface area contributed by atoms with Gasteiger partial charge in [-0.15, -0.1) is 0 Å². The number of phosphoric ester groups is 1. The standard InChI is InChI=1S/C34H66NO8P/c1-3-5-7-9-11-13-15-17-18-20-22-24-26-33(36)40-30-32(31-42-44(38,39)41-29-28-35)43-34(37)27-25-23-21-19-16-14-12-10-8-6-4-2/h10,12,32H,3-9,11,13-31,35H2,1-2H3,(H,38,39)/b12-10-. The minimum Gasteiger partial charge on any atom is -0.462 e. The van der Waals surface area contributed by atoms with Crippen LogP contribution in [-0.2, 0) is 32.7 Å². The van der Waals surface area contributed by atoms with Gasteiger partial charge in [0.15, 0.2) is 6.10 Å². The van der Waals surface area contributed by atoms with Gasteiger partial charge in [0.25, 0.3) is 0 Å². The molecule has 0 rings (SSSR count). The lowest BCUT2D eigenvalue weighted by Crippen LogP contribution is -2.29. The van der Waals surface area contributed by atoms with Crippen molar-refractivity contribution in [1.82, 2.24) is 0 Å². The van der Waals surface area contributed by atoms with Gasteiger partial charge in [-0.25, -0.2) is 4.57 Å². The molecule has 0 saturated carbocycles. The number of esters is 2. The molecule has 10 heteroatoms. The van der Waals surface area contributed by atoms with Gasteiger partial charge in [-0.2, -0.15) is 0 Å². The molecule has 2 atom stereocenters. The first kappa shape index (κ1) is 42.8. The van der Waals surface area contributed by atoms with Crippen molar-refractivity contribution in [3.8, 4) is 0 Å². The van der Waals surface area contributed by atoms with E-state index in [-0.39, 0.29) is 38.6 Å². The Kier molecular flexibility index (Phi) is 30.8. The number of carbonyl (C=O) groups excluding carboxylic acids is 2. The third kappa shape index (κ3) is 30.8. The molecular weight excluding hydrogens is 581 g/mol. The Morgan fingerprint density at radius 2 is 1.14 bits per heavy atom. The largest absolute Gasteiger partial charge is 0.472 e. The van der Waals surface area contributed by atoms with Crippen molar-refractivity contribution in [3.05, 3.63) is 12.2 Å². The first-order valence-corrected chi connectivity index (χ1v) is 19.2. The van der Waals surface area contributed by atoms with E-state index in [1.807, 2.05) is 0 Å². The number of rotatable bonds is 33. The zero-order valence-electron chi connectivity index (χ0n) is 28.2. The van der Waals surface area contributed by atoms with Crippen LogP contribution in [0.5, 0.6) is 0 Å². The van der Waals surface area contributed by atoms with Crippen LogP contribution in [0.15, 0.2) is 12.2 Å². The molecule has 0 radical (unpaired) electrons. The maximum Gasteiger partial charge on any atom is 0.472 e. The second-order valence-corrected chi connectivity index (χ2v) is 13.2. The summed E-state index contributed by atoms with van der Waals surface area (Å²) in [5.41, 5.74) is 5.31. The Labute approximate surface area is 269 Å². The number of unbranched alkanes of at least 4 members (excludes halogenated alkanes) is 18. The summed E-state index contributed by atoms with van der Waals surface area (Å²) in [4.78, 5) is 34.5. The molecule has 0 aliphatic rings. The molecule has 0 aromatic heterocycles. The molecule has 2 unspecified atom stereocenters. The van der Waals surface area contributed by atoms with Crippen LogP contribution >= 0.6 is 7.82 Å². The average Bonchev–Trinajstić information content (AvgIpc) is 3.00. The molecule has 0 aromatic rings. The van der Waals surface area contributed by atoms with Gasteiger partial charge < -0.3 is 20.1 Å². The van der Waals surface area contributed by atoms with E-state index in [1.54, 1.807) is 0 Å². The third-order valence-electron chi connectivity index (χ3n) is 7.40. The van der Waals surface area contributed by atoms with Crippen LogP contribution in [0.4, 0.5) is 0 Å². The van der Waals surface area contributed by atoms with E-state index in [0.29, 0.717) is 6.42 Å². The van der Waals surface area contributed by atoms with E-state index < -0.39 is 26.5 Å². The number of carbonyl (C=O) groups is 2. The van der Waals surface area contributed by atoms with Crippen LogP contribution in [0.2, 0.25) is 0 Å². The molecule has 3 N–H and O–H groups in total. The first-order chi connectivity index (χ1) is 21.3. The highest BCUT2D eigenvalue weighted by Gasteiger charge is 2.25. The van der Waals surface area contributed by atoms with Crippen LogP contribution in [0, 0.1) is 0 Å². The lowest BCUT2D eigenvalue weighted by molar-refractivity contribution is -0.161. The monoisotopic (exact) mass is 647 g/mol. The molecule has 0 spiro atoms. The number of ether oxygens (including phenoxy) is 2. The third-order valence-corrected chi connectivity index (χ3v) is 8.39. The highest BCUT2D eigenvalue weighted by Crippen LogP contribution is 2.43. The normalized spacial score (nSPS) is 13.6. The van der Waals surface area contributed by atoms with Gasteiger partial charge in [0.05, 0.1) is 13.2 Å². The highest BCUT2D eigenvalue weighted by molar-refractivity contribution is 7.47. The summed E-state index contributed by atoms with van der Waals surface area (Å²) in [5, 5.41) is 0. The summed E-state index contributed by atoms with van der Waals surface area (Å²) < 4.78 is 32.5. The molecule has 44 heavy (non-hydrogen) atoms. The van der Waals surface area contributed by atoms with Crippen molar-refractivity contribution < 1.29 is 37.6 Å². The number of nitrogens with two attached hydrogens (primary N) is 1. The minimum atomic E-state index is -4.36. The van der Waals surface area contributed by atoms with Crippen LogP contribution in [-0.4, -0.2) is 49.3 Å². The molecule has 0 aliphatic heterocycles. The van der Waals surface area contributed by atoms with Crippen LogP contribution in [0.25, 0.3) is 0 Å². The predicted octanol–water partition coefficient (Wildman–Crippen LogP) is 9.10. The zero-order chi connectivity index (χ0) is 32.6. The van der Waals surface area contributed by atoms with Crippen molar-refractivity contribution in [1.29, 1.82) is 0 Å². The molecule has 0 fully saturated rings. The van der Waals surface area contributed by atoms with Gasteiger partial charge in [-0.05, 0) is 32.1 Å². The molecule has 9 nitrogen and oxygen atoms in total. The second-order valence-electron chi connectivity index (χ2n) is 11.7. The molecule has 0 amide bonds. The number of hydrogen-bond acceptors (Lipinski definition) is 8. The molecular formula is C34H66NO8P. The van der Waals surface area contributed by atoms with Crippen molar-refractivity contribution in [2.75, 3.05) is 26.4 Å². The summed E-state index contributed by atoms with van der Waals surface area (Å²) in [6.07, 6.45) is 28.1. The van der Waals surface area contributed by atoms with Crippen molar-refractivity contribution >= 4 is 19.8 Å². The Hall–Kier alpha value is -1.25. The fourth-order valence-corrected chi connectivity index (χ4v) is 5.50. The van der Waals surface area contributed by atoms with E-state index in [1.165, 1.54) is 70.6 Å². The van der Waals surface area contributed by atoms with E-state index in [0.717, 1.165) is 57.8 Å². The molecule has 0 saturated heterocycles. The Morgan fingerprint density at radius 1 is 0.659 bits per heavy atom. The first-order valence-electron chi connectivity index (χ1n) is 17.7. The second kappa shape index (κ2) is 31.7. The quantitative estimate of drug-likeness (QED) is 0.0309. The van der Waals surface area contributed by atoms with Gasteiger partial charge in [0, 0.05) is 19.4 Å². The molecule has 0 aliphatic carbocycles. The summed E-state index contributed by atoms with van der Waals surface area (Å²) in [6, 6.07) is 0. The summed E-state index contributed by atoms with van der Waals surface area (Å²) in [6.45, 7) is 3.66. The van der Waals surface area contributed by atoms with E-state index in [2.05, 4.69) is 26.0 Å². The van der Waals surface area contributed by atoms with E-state index in [9.17, 15) is 19.0 Å². The van der Waals surface area contributed by atoms with Gasteiger partial charge >= 0.3 is 19.8 Å². The summed E-state index contributed by atoms with van der Waals surface area (Å²) >= 11 is 0. The molecule has 260 valence electrons. The molecule has 0 heterocycles.